The summed E-state index contributed by atoms with van der Waals surface area (Å²) >= 11 is 0. The van der Waals surface area contributed by atoms with Gasteiger partial charge in [0.05, 0.1) is 0 Å². The lowest BCUT2D eigenvalue weighted by atomic mass is 10.2. The first-order chi connectivity index (χ1) is 5.06. The van der Waals surface area contributed by atoms with E-state index in [4.69, 9.17) is 0 Å². The van der Waals surface area contributed by atoms with Crippen molar-refractivity contribution in [3.63, 3.8) is 0 Å². The van der Waals surface area contributed by atoms with Gasteiger partial charge in [-0.05, 0) is 13.0 Å². The molecule has 0 rings (SSSR count). The van der Waals surface area contributed by atoms with Gasteiger partial charge in [-0.3, -0.25) is 0 Å². The molecule has 0 aromatic carbocycles. The van der Waals surface area contributed by atoms with Gasteiger partial charge in [-0.25, -0.2) is 0 Å². The van der Waals surface area contributed by atoms with Crippen molar-refractivity contribution in [3.8, 4) is 0 Å². The molecule has 0 radical (unpaired) electrons. The molecule has 0 bridgehead atoms. The van der Waals surface area contributed by atoms with Gasteiger partial charge in [0.15, 0.2) is 0 Å². The van der Waals surface area contributed by atoms with E-state index in [1.807, 2.05) is 7.05 Å². The molecule has 0 aromatic heterocycles. The lowest BCUT2D eigenvalue weighted by Crippen LogP contribution is -2.28. The Hall–Kier alpha value is -0.500. The SMILES string of the molecule is C=C(CN(C)CC(C)C)NC. The van der Waals surface area contributed by atoms with E-state index in [-0.39, 0.29) is 0 Å². The van der Waals surface area contributed by atoms with E-state index < -0.39 is 0 Å². The Kier molecular flexibility index (Phi) is 4.95. The van der Waals surface area contributed by atoms with Crippen molar-refractivity contribution in [1.29, 1.82) is 0 Å². The summed E-state index contributed by atoms with van der Waals surface area (Å²) in [6, 6.07) is 0. The Bertz CT molecular complexity index is 119. The zero-order valence-electron chi connectivity index (χ0n) is 8.15. The van der Waals surface area contributed by atoms with Gasteiger partial charge in [0.2, 0.25) is 0 Å². The molecule has 0 saturated heterocycles. The van der Waals surface area contributed by atoms with Crippen LogP contribution in [0.3, 0.4) is 0 Å². The van der Waals surface area contributed by atoms with Gasteiger partial charge in [0.1, 0.15) is 0 Å². The van der Waals surface area contributed by atoms with Crippen molar-refractivity contribution in [3.05, 3.63) is 12.3 Å². The van der Waals surface area contributed by atoms with E-state index >= 15 is 0 Å². The molecule has 2 heteroatoms. The van der Waals surface area contributed by atoms with E-state index in [1.54, 1.807) is 0 Å². The highest BCUT2D eigenvalue weighted by molar-refractivity contribution is 4.92. The van der Waals surface area contributed by atoms with Crippen LogP contribution >= 0.6 is 0 Å². The van der Waals surface area contributed by atoms with Gasteiger partial charge >= 0.3 is 0 Å². The zero-order chi connectivity index (χ0) is 8.85. The standard InChI is InChI=1S/C9H20N2/c1-8(2)6-11(5)7-9(3)10-4/h8,10H,3,6-7H2,1-2,4-5H3. The summed E-state index contributed by atoms with van der Waals surface area (Å²) in [4.78, 5) is 2.27. The fraction of sp³-hybridized carbons (Fsp3) is 0.778. The zero-order valence-corrected chi connectivity index (χ0v) is 8.15. The second-order valence-corrected chi connectivity index (χ2v) is 3.44. The summed E-state index contributed by atoms with van der Waals surface area (Å²) in [6.07, 6.45) is 0. The average molecular weight is 156 g/mol. The monoisotopic (exact) mass is 156 g/mol. The number of rotatable bonds is 5. The summed E-state index contributed by atoms with van der Waals surface area (Å²) in [7, 11) is 4.02. The van der Waals surface area contributed by atoms with Crippen LogP contribution in [0, 0.1) is 5.92 Å². The Morgan fingerprint density at radius 2 is 2.09 bits per heavy atom. The van der Waals surface area contributed by atoms with Crippen molar-refractivity contribution in [2.45, 2.75) is 13.8 Å². The highest BCUT2D eigenvalue weighted by Crippen LogP contribution is 1.97. The molecule has 0 spiro atoms. The maximum Gasteiger partial charge on any atom is 0.0372 e. The molecule has 0 heterocycles. The second-order valence-electron chi connectivity index (χ2n) is 3.44. The van der Waals surface area contributed by atoms with Crippen LogP contribution in [0.15, 0.2) is 12.3 Å². The minimum Gasteiger partial charge on any atom is -0.391 e. The third-order valence-electron chi connectivity index (χ3n) is 1.49. The summed E-state index contributed by atoms with van der Waals surface area (Å²) in [5, 5.41) is 3.03. The molecule has 0 saturated carbocycles. The van der Waals surface area contributed by atoms with Gasteiger partial charge < -0.3 is 10.2 Å². The Morgan fingerprint density at radius 1 is 1.55 bits per heavy atom. The number of hydrogen-bond acceptors (Lipinski definition) is 2. The maximum absolute atomic E-state index is 3.87. The van der Waals surface area contributed by atoms with Crippen LogP contribution in [0.25, 0.3) is 0 Å². The highest BCUT2D eigenvalue weighted by Gasteiger charge is 2.01. The van der Waals surface area contributed by atoms with Crippen molar-refractivity contribution in [1.82, 2.24) is 10.2 Å². The number of likely N-dealkylation sites (N-methyl/N-ethyl adjacent to an activating group) is 2. The van der Waals surface area contributed by atoms with Gasteiger partial charge in [0, 0.05) is 25.8 Å². The Labute approximate surface area is 70.3 Å². The van der Waals surface area contributed by atoms with E-state index in [0.717, 1.165) is 24.7 Å². The largest absolute Gasteiger partial charge is 0.391 e. The first-order valence-electron chi connectivity index (χ1n) is 4.10. The highest BCUT2D eigenvalue weighted by atomic mass is 15.1. The van der Waals surface area contributed by atoms with Crippen molar-refractivity contribution in [2.75, 3.05) is 27.2 Å². The van der Waals surface area contributed by atoms with Gasteiger partial charge in [-0.15, -0.1) is 0 Å². The van der Waals surface area contributed by atoms with Crippen LogP contribution in [0.1, 0.15) is 13.8 Å². The molecule has 0 unspecified atom stereocenters. The average Bonchev–Trinajstić information content (AvgIpc) is 1.85. The molecule has 0 aliphatic rings. The topological polar surface area (TPSA) is 15.3 Å². The van der Waals surface area contributed by atoms with E-state index in [0.29, 0.717) is 0 Å². The molecule has 0 aliphatic heterocycles. The molecule has 0 amide bonds. The van der Waals surface area contributed by atoms with Crippen LogP contribution in [0.4, 0.5) is 0 Å². The van der Waals surface area contributed by atoms with Crippen LogP contribution < -0.4 is 5.32 Å². The number of hydrogen-bond donors (Lipinski definition) is 1. The summed E-state index contributed by atoms with van der Waals surface area (Å²) in [5.41, 5.74) is 1.08. The molecule has 0 aromatic rings. The van der Waals surface area contributed by atoms with E-state index in [1.165, 1.54) is 0 Å². The fourth-order valence-electron chi connectivity index (χ4n) is 1.09. The van der Waals surface area contributed by atoms with Gasteiger partial charge in [-0.1, -0.05) is 20.4 Å². The van der Waals surface area contributed by atoms with Gasteiger partial charge in [0.25, 0.3) is 0 Å². The van der Waals surface area contributed by atoms with Crippen molar-refractivity contribution < 1.29 is 0 Å². The molecular weight excluding hydrogens is 136 g/mol. The lowest BCUT2D eigenvalue weighted by molar-refractivity contribution is 0.314. The predicted molar refractivity (Wildman–Crippen MR) is 50.5 cm³/mol. The summed E-state index contributed by atoms with van der Waals surface area (Å²) < 4.78 is 0. The number of nitrogens with zero attached hydrogens (tertiary/aromatic N) is 1. The van der Waals surface area contributed by atoms with Crippen LogP contribution in [0.5, 0.6) is 0 Å². The third-order valence-corrected chi connectivity index (χ3v) is 1.49. The second kappa shape index (κ2) is 5.19. The minimum absolute atomic E-state index is 0.727. The van der Waals surface area contributed by atoms with E-state index in [9.17, 15) is 0 Å². The summed E-state index contributed by atoms with van der Waals surface area (Å²) in [5.74, 6) is 0.727. The Morgan fingerprint density at radius 3 is 2.45 bits per heavy atom. The third kappa shape index (κ3) is 5.92. The summed E-state index contributed by atoms with van der Waals surface area (Å²) in [6.45, 7) is 10.4. The van der Waals surface area contributed by atoms with Crippen LogP contribution in [0.2, 0.25) is 0 Å². The molecular formula is C9H20N2. The van der Waals surface area contributed by atoms with Crippen LogP contribution in [-0.4, -0.2) is 32.1 Å². The molecule has 11 heavy (non-hydrogen) atoms. The molecule has 0 fully saturated rings. The first-order valence-corrected chi connectivity index (χ1v) is 4.10. The minimum atomic E-state index is 0.727. The lowest BCUT2D eigenvalue weighted by Gasteiger charge is -2.19. The first kappa shape index (κ1) is 10.5. The van der Waals surface area contributed by atoms with Crippen molar-refractivity contribution in [2.24, 2.45) is 5.92 Å². The number of nitrogens with one attached hydrogen (secondary N) is 1. The molecule has 2 nitrogen and oxygen atoms in total. The fourth-order valence-corrected chi connectivity index (χ4v) is 1.09. The molecule has 1 N–H and O–H groups in total. The van der Waals surface area contributed by atoms with Crippen molar-refractivity contribution >= 4 is 0 Å². The van der Waals surface area contributed by atoms with Crippen LogP contribution in [-0.2, 0) is 0 Å². The Balaban J connectivity index is 3.51. The molecule has 0 aliphatic carbocycles. The molecule has 66 valence electrons. The molecule has 0 atom stereocenters. The smallest absolute Gasteiger partial charge is 0.0372 e. The normalized spacial score (nSPS) is 10.7. The predicted octanol–water partition coefficient (Wildman–Crippen LogP) is 1.31. The van der Waals surface area contributed by atoms with E-state index in [2.05, 4.69) is 37.7 Å². The van der Waals surface area contributed by atoms with Gasteiger partial charge in [-0.2, -0.15) is 0 Å². The maximum atomic E-state index is 3.87. The quantitative estimate of drug-likeness (QED) is 0.645.